The SMILES string of the molecule is c1ccc(-c2ccc(-c3ccc(N(c4ccc(-c5ccc(-c6ccccc6)cc5)cc4)c4ccc(-c5cccc(-c6ccc7nc(-c8ccccc8)n(-c8ccccc8)c7c6)c5)cc4)cc3)cc2)cc1. The monoisotopic (exact) mass is 893 g/mol. The van der Waals surface area contributed by atoms with E-state index in [1.165, 1.54) is 44.5 Å². The van der Waals surface area contributed by atoms with E-state index in [4.69, 9.17) is 4.98 Å². The number of anilines is 3. The molecule has 0 unspecified atom stereocenters. The molecular formula is C67H47N3. The van der Waals surface area contributed by atoms with Gasteiger partial charge in [0.2, 0.25) is 0 Å². The first-order valence-electron chi connectivity index (χ1n) is 23.8. The number of para-hydroxylation sites is 1. The second-order valence-electron chi connectivity index (χ2n) is 17.6. The molecule has 3 heteroatoms. The van der Waals surface area contributed by atoms with Crippen LogP contribution < -0.4 is 4.90 Å². The summed E-state index contributed by atoms with van der Waals surface area (Å²) in [5, 5.41) is 0. The highest BCUT2D eigenvalue weighted by atomic mass is 15.1. The van der Waals surface area contributed by atoms with Crippen molar-refractivity contribution in [1.29, 1.82) is 0 Å². The van der Waals surface area contributed by atoms with Crippen LogP contribution in [0.3, 0.4) is 0 Å². The summed E-state index contributed by atoms with van der Waals surface area (Å²) in [4.78, 5) is 7.49. The van der Waals surface area contributed by atoms with Crippen LogP contribution in [-0.4, -0.2) is 9.55 Å². The molecule has 1 aromatic heterocycles. The predicted molar refractivity (Wildman–Crippen MR) is 294 cm³/mol. The van der Waals surface area contributed by atoms with Gasteiger partial charge in [-0.3, -0.25) is 4.57 Å². The van der Waals surface area contributed by atoms with E-state index in [0.717, 1.165) is 67.4 Å². The van der Waals surface area contributed by atoms with Gasteiger partial charge in [0.05, 0.1) is 11.0 Å². The molecule has 12 rings (SSSR count). The maximum absolute atomic E-state index is 5.15. The van der Waals surface area contributed by atoms with Gasteiger partial charge in [-0.2, -0.15) is 0 Å². The molecule has 0 radical (unpaired) electrons. The van der Waals surface area contributed by atoms with E-state index < -0.39 is 0 Å². The summed E-state index contributed by atoms with van der Waals surface area (Å²) < 4.78 is 2.27. The molecule has 70 heavy (non-hydrogen) atoms. The fraction of sp³-hybridized carbons (Fsp3) is 0. The molecular weight excluding hydrogens is 847 g/mol. The molecule has 11 aromatic carbocycles. The first-order chi connectivity index (χ1) is 34.7. The van der Waals surface area contributed by atoms with E-state index in [2.05, 4.69) is 289 Å². The molecule has 0 saturated carbocycles. The van der Waals surface area contributed by atoms with Crippen molar-refractivity contribution < 1.29 is 0 Å². The normalized spacial score (nSPS) is 11.1. The van der Waals surface area contributed by atoms with Crippen LogP contribution in [0.4, 0.5) is 17.1 Å². The predicted octanol–water partition coefficient (Wildman–Crippen LogP) is 18.2. The Morgan fingerprint density at radius 3 is 0.971 bits per heavy atom. The van der Waals surface area contributed by atoms with E-state index in [-0.39, 0.29) is 0 Å². The van der Waals surface area contributed by atoms with Gasteiger partial charge < -0.3 is 4.90 Å². The smallest absolute Gasteiger partial charge is 0.145 e. The third kappa shape index (κ3) is 8.49. The van der Waals surface area contributed by atoms with Crippen molar-refractivity contribution in [1.82, 2.24) is 9.55 Å². The lowest BCUT2D eigenvalue weighted by atomic mass is 9.98. The van der Waals surface area contributed by atoms with Crippen LogP contribution in [-0.2, 0) is 0 Å². The fourth-order valence-corrected chi connectivity index (χ4v) is 9.58. The highest BCUT2D eigenvalue weighted by Gasteiger charge is 2.17. The third-order valence-electron chi connectivity index (χ3n) is 13.3. The van der Waals surface area contributed by atoms with Crippen molar-refractivity contribution in [2.75, 3.05) is 4.90 Å². The lowest BCUT2D eigenvalue weighted by molar-refractivity contribution is 1.10. The quantitative estimate of drug-likeness (QED) is 0.129. The summed E-state index contributed by atoms with van der Waals surface area (Å²) in [6.07, 6.45) is 0. The molecule has 0 amide bonds. The van der Waals surface area contributed by atoms with Crippen LogP contribution in [0.5, 0.6) is 0 Å². The van der Waals surface area contributed by atoms with Crippen LogP contribution in [0.15, 0.2) is 285 Å². The van der Waals surface area contributed by atoms with Gasteiger partial charge in [0.15, 0.2) is 0 Å². The van der Waals surface area contributed by atoms with E-state index in [0.29, 0.717) is 0 Å². The molecule has 0 saturated heterocycles. The fourth-order valence-electron chi connectivity index (χ4n) is 9.58. The van der Waals surface area contributed by atoms with Crippen molar-refractivity contribution in [2.45, 2.75) is 0 Å². The number of rotatable bonds is 11. The van der Waals surface area contributed by atoms with Crippen molar-refractivity contribution in [3.63, 3.8) is 0 Å². The number of fused-ring (bicyclic) bond motifs is 1. The average Bonchev–Trinajstić information content (AvgIpc) is 3.84. The van der Waals surface area contributed by atoms with Crippen LogP contribution in [0.2, 0.25) is 0 Å². The molecule has 0 bridgehead atoms. The largest absolute Gasteiger partial charge is 0.311 e. The summed E-state index contributed by atoms with van der Waals surface area (Å²) in [6.45, 7) is 0. The zero-order valence-electron chi connectivity index (χ0n) is 38.5. The molecule has 0 fully saturated rings. The topological polar surface area (TPSA) is 21.1 Å². The molecule has 3 nitrogen and oxygen atoms in total. The minimum absolute atomic E-state index is 0.927. The Balaban J connectivity index is 0.865. The van der Waals surface area contributed by atoms with Gasteiger partial charge in [0.1, 0.15) is 5.82 Å². The first-order valence-corrected chi connectivity index (χ1v) is 23.8. The van der Waals surface area contributed by atoms with Crippen molar-refractivity contribution in [3.8, 4) is 83.8 Å². The second kappa shape index (κ2) is 18.8. The maximum atomic E-state index is 5.15. The Hall–Kier alpha value is -9.31. The number of aromatic nitrogens is 2. The zero-order chi connectivity index (χ0) is 46.6. The van der Waals surface area contributed by atoms with Gasteiger partial charge in [-0.1, -0.05) is 218 Å². The highest BCUT2D eigenvalue weighted by molar-refractivity contribution is 5.89. The Morgan fingerprint density at radius 2 is 0.543 bits per heavy atom. The summed E-state index contributed by atoms with van der Waals surface area (Å²) in [7, 11) is 0. The van der Waals surface area contributed by atoms with E-state index in [1.807, 2.05) is 6.07 Å². The number of hydrogen-bond acceptors (Lipinski definition) is 2. The lowest BCUT2D eigenvalue weighted by Crippen LogP contribution is -2.09. The number of imidazole rings is 1. The summed E-state index contributed by atoms with van der Waals surface area (Å²) in [6, 6.07) is 102. The van der Waals surface area contributed by atoms with E-state index >= 15 is 0 Å². The zero-order valence-corrected chi connectivity index (χ0v) is 38.5. The number of benzene rings is 11. The Labute approximate surface area is 409 Å². The van der Waals surface area contributed by atoms with Gasteiger partial charge in [0.25, 0.3) is 0 Å². The lowest BCUT2D eigenvalue weighted by Gasteiger charge is -2.26. The first kappa shape index (κ1) is 42.1. The van der Waals surface area contributed by atoms with Gasteiger partial charge in [0, 0.05) is 28.3 Å². The molecule has 0 spiro atoms. The van der Waals surface area contributed by atoms with Gasteiger partial charge in [-0.05, 0) is 133 Å². The molecule has 330 valence electrons. The summed E-state index contributed by atoms with van der Waals surface area (Å²) >= 11 is 0. The molecule has 0 aliphatic rings. The molecule has 0 aliphatic heterocycles. The number of nitrogens with zero attached hydrogens (tertiary/aromatic N) is 3. The average molecular weight is 894 g/mol. The Morgan fingerprint density at radius 1 is 0.243 bits per heavy atom. The minimum atomic E-state index is 0.927. The standard InChI is InChI=1S/C67H47N3/c1-5-14-48(15-6-1)50-24-28-52(29-25-50)54-32-39-62(40-33-54)69(63-41-34-55(35-42-63)53-30-26-51(27-31-53)49-16-7-2-8-17-49)64-43-36-56(37-44-64)58-20-13-21-59(46-58)60-38-45-65-66(47-60)70(61-22-11-4-12-23-61)67(68-65)57-18-9-3-10-19-57/h1-47H. The summed E-state index contributed by atoms with van der Waals surface area (Å²) in [5.41, 5.74) is 21.6. The van der Waals surface area contributed by atoms with Gasteiger partial charge in [-0.25, -0.2) is 4.98 Å². The van der Waals surface area contributed by atoms with Crippen molar-refractivity contribution in [3.05, 3.63) is 285 Å². The van der Waals surface area contributed by atoms with Gasteiger partial charge >= 0.3 is 0 Å². The molecule has 0 N–H and O–H groups in total. The van der Waals surface area contributed by atoms with Gasteiger partial charge in [-0.15, -0.1) is 0 Å². The van der Waals surface area contributed by atoms with Crippen molar-refractivity contribution >= 4 is 28.1 Å². The van der Waals surface area contributed by atoms with E-state index in [1.54, 1.807) is 0 Å². The van der Waals surface area contributed by atoms with Crippen LogP contribution in [0.1, 0.15) is 0 Å². The molecule has 12 aromatic rings. The number of hydrogen-bond donors (Lipinski definition) is 0. The Kier molecular flexibility index (Phi) is 11.3. The third-order valence-corrected chi connectivity index (χ3v) is 13.3. The molecule has 0 atom stereocenters. The van der Waals surface area contributed by atoms with E-state index in [9.17, 15) is 0 Å². The maximum Gasteiger partial charge on any atom is 0.145 e. The molecule has 0 aliphatic carbocycles. The highest BCUT2D eigenvalue weighted by Crippen LogP contribution is 2.39. The summed E-state index contributed by atoms with van der Waals surface area (Å²) in [5.74, 6) is 0.927. The van der Waals surface area contributed by atoms with Crippen molar-refractivity contribution in [2.24, 2.45) is 0 Å². The minimum Gasteiger partial charge on any atom is -0.311 e. The molecule has 1 heterocycles. The second-order valence-corrected chi connectivity index (χ2v) is 17.6. The van der Waals surface area contributed by atoms with Crippen LogP contribution >= 0.6 is 0 Å². The van der Waals surface area contributed by atoms with Crippen LogP contribution in [0, 0.1) is 0 Å². The van der Waals surface area contributed by atoms with Crippen LogP contribution in [0.25, 0.3) is 94.9 Å². The Bertz CT molecular complexity index is 3550.